The van der Waals surface area contributed by atoms with Gasteiger partial charge in [0.25, 0.3) is 0 Å². The second-order valence-electron chi connectivity index (χ2n) is 2.90. The highest BCUT2D eigenvalue weighted by Crippen LogP contribution is 2.15. The van der Waals surface area contributed by atoms with Gasteiger partial charge in [-0.2, -0.15) is 0 Å². The monoisotopic (exact) mass is 240 g/mol. The third-order valence-corrected chi connectivity index (χ3v) is 1.79. The van der Waals surface area contributed by atoms with E-state index in [0.29, 0.717) is 11.4 Å². The van der Waals surface area contributed by atoms with Gasteiger partial charge in [-0.15, -0.1) is 0 Å². The smallest absolute Gasteiger partial charge is 0.411 e. The molecule has 1 aromatic rings. The Bertz CT molecular complexity index is 378. The van der Waals surface area contributed by atoms with E-state index >= 15 is 0 Å². The Morgan fingerprint density at radius 1 is 1.44 bits per heavy atom. The third-order valence-electron chi connectivity index (χ3n) is 1.67. The third kappa shape index (κ3) is 4.14. The van der Waals surface area contributed by atoms with Gasteiger partial charge in [-0.05, 0) is 24.3 Å². The molecule has 0 fully saturated rings. The van der Waals surface area contributed by atoms with Crippen molar-refractivity contribution < 1.29 is 14.3 Å². The molecule has 16 heavy (non-hydrogen) atoms. The van der Waals surface area contributed by atoms with Crippen molar-refractivity contribution in [3.05, 3.63) is 24.3 Å². The molecule has 0 aliphatic heterocycles. The molecule has 1 amide bonds. The van der Waals surface area contributed by atoms with Crippen molar-refractivity contribution in [2.24, 2.45) is 5.73 Å². The van der Waals surface area contributed by atoms with Gasteiger partial charge in [0.15, 0.2) is 0 Å². The summed E-state index contributed by atoms with van der Waals surface area (Å²) in [5, 5.41) is 2.52. The maximum absolute atomic E-state index is 10.9. The van der Waals surface area contributed by atoms with E-state index in [1.54, 1.807) is 24.3 Å². The van der Waals surface area contributed by atoms with Crippen molar-refractivity contribution in [1.82, 2.24) is 0 Å². The number of anilines is 1. The molecule has 0 aromatic heterocycles. The molecule has 0 saturated heterocycles. The molecule has 0 saturated carbocycles. The molecule has 0 heterocycles. The van der Waals surface area contributed by atoms with Gasteiger partial charge >= 0.3 is 6.09 Å². The number of ether oxygens (including phenoxy) is 2. The summed E-state index contributed by atoms with van der Waals surface area (Å²) in [6.07, 6.45) is -0.517. The summed E-state index contributed by atoms with van der Waals surface area (Å²) in [6.45, 7) is 0.194. The minimum atomic E-state index is -0.517. The van der Waals surface area contributed by atoms with Gasteiger partial charge in [0.1, 0.15) is 17.3 Å². The number of carbonyl (C=O) groups is 1. The molecule has 6 heteroatoms. The Labute approximate surface area is 98.5 Å². The van der Waals surface area contributed by atoms with Gasteiger partial charge in [-0.1, -0.05) is 12.2 Å². The Balaban J connectivity index is 2.54. The van der Waals surface area contributed by atoms with Crippen LogP contribution < -0.4 is 15.8 Å². The van der Waals surface area contributed by atoms with Crippen molar-refractivity contribution in [3.63, 3.8) is 0 Å². The molecule has 86 valence electrons. The van der Waals surface area contributed by atoms with Gasteiger partial charge in [0.05, 0.1) is 7.11 Å². The van der Waals surface area contributed by atoms with Crippen LogP contribution in [0.15, 0.2) is 24.3 Å². The minimum absolute atomic E-state index is 0.194. The van der Waals surface area contributed by atoms with Crippen molar-refractivity contribution in [2.45, 2.75) is 0 Å². The molecular formula is C10H12N2O3S. The number of thiocarbonyl (C=S) groups is 1. The summed E-state index contributed by atoms with van der Waals surface area (Å²) in [5.74, 6) is 0.628. The van der Waals surface area contributed by atoms with Crippen LogP contribution in [0.25, 0.3) is 0 Å². The Morgan fingerprint density at radius 3 is 2.56 bits per heavy atom. The lowest BCUT2D eigenvalue weighted by Crippen LogP contribution is -2.17. The van der Waals surface area contributed by atoms with Gasteiger partial charge < -0.3 is 15.2 Å². The Hall–Kier alpha value is -1.82. The normalized spacial score (nSPS) is 9.31. The Morgan fingerprint density at radius 2 is 2.06 bits per heavy atom. The number of nitrogens with two attached hydrogens (primary N) is 1. The topological polar surface area (TPSA) is 73.6 Å². The molecule has 0 unspecified atom stereocenters. The van der Waals surface area contributed by atoms with Crippen LogP contribution in [0.3, 0.4) is 0 Å². The highest BCUT2D eigenvalue weighted by atomic mass is 32.1. The average molecular weight is 240 g/mol. The fraction of sp³-hybridized carbons (Fsp3) is 0.200. The highest BCUT2D eigenvalue weighted by Gasteiger charge is 2.00. The summed E-state index contributed by atoms with van der Waals surface area (Å²) in [5.41, 5.74) is 5.91. The van der Waals surface area contributed by atoms with E-state index in [9.17, 15) is 4.79 Å². The first-order valence-electron chi connectivity index (χ1n) is 4.48. The fourth-order valence-corrected chi connectivity index (χ4v) is 1.02. The molecule has 0 radical (unpaired) electrons. The summed E-state index contributed by atoms with van der Waals surface area (Å²) in [4.78, 5) is 11.2. The number of rotatable bonds is 4. The van der Waals surface area contributed by atoms with Crippen LogP contribution in [-0.2, 0) is 4.74 Å². The second kappa shape index (κ2) is 5.92. The zero-order chi connectivity index (χ0) is 12.0. The second-order valence-corrected chi connectivity index (χ2v) is 3.42. The first-order chi connectivity index (χ1) is 7.61. The van der Waals surface area contributed by atoms with Crippen LogP contribution in [0.2, 0.25) is 0 Å². The van der Waals surface area contributed by atoms with Crippen LogP contribution >= 0.6 is 12.2 Å². The first-order valence-corrected chi connectivity index (χ1v) is 4.89. The van der Waals surface area contributed by atoms with E-state index in [0.717, 1.165) is 0 Å². The molecule has 0 spiro atoms. The number of amides is 1. The van der Waals surface area contributed by atoms with E-state index in [1.807, 2.05) is 0 Å². The lowest BCUT2D eigenvalue weighted by Gasteiger charge is -2.06. The number of hydrogen-bond acceptors (Lipinski definition) is 4. The van der Waals surface area contributed by atoms with Gasteiger partial charge in [-0.3, -0.25) is 5.32 Å². The summed E-state index contributed by atoms with van der Waals surface area (Å²) in [7, 11) is 1.30. The maximum Gasteiger partial charge on any atom is 0.411 e. The molecule has 1 rings (SSSR count). The van der Waals surface area contributed by atoms with Crippen LogP contribution in [0.4, 0.5) is 10.5 Å². The average Bonchev–Trinajstić information content (AvgIpc) is 2.28. The lowest BCUT2D eigenvalue weighted by atomic mass is 10.3. The summed E-state index contributed by atoms with van der Waals surface area (Å²) >= 11 is 4.67. The molecule has 3 N–H and O–H groups in total. The van der Waals surface area contributed by atoms with Gasteiger partial charge in [0.2, 0.25) is 0 Å². The van der Waals surface area contributed by atoms with E-state index in [1.165, 1.54) is 7.11 Å². The highest BCUT2D eigenvalue weighted by molar-refractivity contribution is 7.80. The number of carbonyl (C=O) groups excluding carboxylic acids is 1. The number of methoxy groups -OCH3 is 1. The van der Waals surface area contributed by atoms with Crippen molar-refractivity contribution in [2.75, 3.05) is 19.0 Å². The number of benzene rings is 1. The van der Waals surface area contributed by atoms with E-state index < -0.39 is 6.09 Å². The predicted octanol–water partition coefficient (Wildman–Crippen LogP) is 1.53. The summed E-state index contributed by atoms with van der Waals surface area (Å²) < 4.78 is 9.69. The number of hydrogen-bond donors (Lipinski definition) is 2. The van der Waals surface area contributed by atoms with Crippen LogP contribution in [-0.4, -0.2) is 24.8 Å². The molecule has 1 aromatic carbocycles. The minimum Gasteiger partial charge on any atom is -0.487 e. The zero-order valence-corrected chi connectivity index (χ0v) is 9.54. The molecule has 5 nitrogen and oxygen atoms in total. The zero-order valence-electron chi connectivity index (χ0n) is 8.73. The Kier molecular flexibility index (Phi) is 4.53. The molecule has 0 bridgehead atoms. The van der Waals surface area contributed by atoms with Crippen molar-refractivity contribution >= 4 is 29.0 Å². The molecular weight excluding hydrogens is 228 g/mol. The van der Waals surface area contributed by atoms with Gasteiger partial charge in [-0.25, -0.2) is 4.79 Å². The van der Waals surface area contributed by atoms with Crippen LogP contribution in [0.5, 0.6) is 5.75 Å². The fourth-order valence-electron chi connectivity index (χ4n) is 0.958. The van der Waals surface area contributed by atoms with Crippen LogP contribution in [0, 0.1) is 0 Å². The number of nitrogens with one attached hydrogen (secondary N) is 1. The quantitative estimate of drug-likeness (QED) is 0.781. The standard InChI is InChI=1S/C10H12N2O3S/c1-14-10(13)12-7-2-4-8(5-3-7)15-6-9(11)16/h2-5H,6H2,1H3,(H2,11,16)(H,12,13). The van der Waals surface area contributed by atoms with E-state index in [4.69, 9.17) is 10.5 Å². The van der Waals surface area contributed by atoms with E-state index in [-0.39, 0.29) is 11.6 Å². The van der Waals surface area contributed by atoms with Crippen LogP contribution in [0.1, 0.15) is 0 Å². The summed E-state index contributed by atoms with van der Waals surface area (Å²) in [6, 6.07) is 6.77. The van der Waals surface area contributed by atoms with Crippen molar-refractivity contribution in [1.29, 1.82) is 0 Å². The van der Waals surface area contributed by atoms with Crippen molar-refractivity contribution in [3.8, 4) is 5.75 Å². The van der Waals surface area contributed by atoms with E-state index in [2.05, 4.69) is 22.3 Å². The SMILES string of the molecule is COC(=O)Nc1ccc(OCC(N)=S)cc1. The largest absolute Gasteiger partial charge is 0.487 e. The molecule has 0 aliphatic rings. The predicted molar refractivity (Wildman–Crippen MR) is 64.8 cm³/mol. The lowest BCUT2D eigenvalue weighted by molar-refractivity contribution is 0.187. The molecule has 0 atom stereocenters. The maximum atomic E-state index is 10.9. The molecule has 0 aliphatic carbocycles. The first kappa shape index (κ1) is 12.3. The van der Waals surface area contributed by atoms with Gasteiger partial charge in [0, 0.05) is 5.69 Å².